The van der Waals surface area contributed by atoms with Crippen molar-refractivity contribution in [1.29, 1.82) is 0 Å². The fourth-order valence-corrected chi connectivity index (χ4v) is 0. The summed E-state index contributed by atoms with van der Waals surface area (Å²) in [5.41, 5.74) is 0. The van der Waals surface area contributed by atoms with Gasteiger partial charge in [0.15, 0.2) is 0 Å². The second kappa shape index (κ2) is 46.4. The number of hydrogen-bond donors (Lipinski definition) is 1. The van der Waals surface area contributed by atoms with E-state index < -0.39 is 0 Å². The van der Waals surface area contributed by atoms with Gasteiger partial charge in [0, 0.05) is 0 Å². The van der Waals surface area contributed by atoms with Crippen LogP contribution in [0.5, 0.6) is 0 Å². The fraction of sp³-hybridized carbons (Fsp3) is 0. The average Bonchev–Trinajstić information content (AvgIpc) is 1.50. The van der Waals surface area contributed by atoms with Gasteiger partial charge in [-0.3, -0.25) is 0 Å². The monoisotopic (exact) mass is 238 g/mol. The minimum absolute atomic E-state index is 0. The zero-order valence-electron chi connectivity index (χ0n) is 2.27. The molecule has 0 unspecified atom stereocenters. The zero-order chi connectivity index (χ0) is 4.00. The van der Waals surface area contributed by atoms with E-state index in [1.54, 1.807) is 0 Å². The van der Waals surface area contributed by atoms with Crippen LogP contribution >= 0.6 is 20.4 Å². The first-order valence-corrected chi connectivity index (χ1v) is 4.64. The van der Waals surface area contributed by atoms with E-state index in [2.05, 4.69) is 34.5 Å². The predicted octanol–water partition coefficient (Wildman–Crippen LogP) is 1.45. The van der Waals surface area contributed by atoms with E-state index in [-0.39, 0.29) is 6.15 Å². The van der Waals surface area contributed by atoms with Crippen molar-refractivity contribution in [3.63, 3.8) is 0 Å². The van der Waals surface area contributed by atoms with Crippen LogP contribution in [0.25, 0.3) is 0 Å². The van der Waals surface area contributed by atoms with Crippen molar-refractivity contribution in [2.24, 2.45) is 0 Å². The van der Waals surface area contributed by atoms with Crippen molar-refractivity contribution in [3.8, 4) is 0 Å². The second-order valence-corrected chi connectivity index (χ2v) is 0. The Morgan fingerprint density at radius 1 is 1.20 bits per heavy atom. The van der Waals surface area contributed by atoms with Crippen LogP contribution in [0.4, 0.5) is 0 Å². The average molecular weight is 236 g/mol. The Balaban J connectivity index is -0.0000000133. The normalized spacial score (nSPS) is 1.80. The molecule has 0 aromatic heterocycles. The van der Waals surface area contributed by atoms with Gasteiger partial charge >= 0.3 is 52.5 Å². The maximum atomic E-state index is 4.09. The first-order valence-electron chi connectivity index (χ1n) is 0.303. The summed E-state index contributed by atoms with van der Waals surface area (Å²) >= 11 is 4.68. The van der Waals surface area contributed by atoms with Gasteiger partial charge in [0.2, 0.25) is 0 Å². The van der Waals surface area contributed by atoms with Crippen LogP contribution in [-0.2, 0) is 32.1 Å². The van der Waals surface area contributed by atoms with Crippen molar-refractivity contribution >= 4 is 20.4 Å². The van der Waals surface area contributed by atoms with Gasteiger partial charge in [-0.05, 0) is 0 Å². The molecule has 0 aliphatic rings. The Bertz CT molecular complexity index is 11.6. The second-order valence-electron chi connectivity index (χ2n) is 0. The molecule has 3 N–H and O–H groups in total. The SMILES string of the molecule is N.[S]=[Co].[S]=[Mo]. The fourth-order valence-electron chi connectivity index (χ4n) is 0. The van der Waals surface area contributed by atoms with Crippen LogP contribution in [0, 0.1) is 0 Å². The van der Waals surface area contributed by atoms with Gasteiger partial charge in [0.05, 0.1) is 0 Å². The third-order valence-electron chi connectivity index (χ3n) is 0. The molecule has 0 aromatic carbocycles. The van der Waals surface area contributed by atoms with Gasteiger partial charge in [0.25, 0.3) is 0 Å². The van der Waals surface area contributed by atoms with Crippen molar-refractivity contribution in [3.05, 3.63) is 0 Å². The molecule has 35 valence electrons. The van der Waals surface area contributed by atoms with E-state index >= 15 is 0 Å². The number of hydrogen-bond acceptors (Lipinski definition) is 3. The molecular weight excluding hydrogens is 233 g/mol. The molecule has 0 rings (SSSR count). The van der Waals surface area contributed by atoms with Crippen LogP contribution in [0.2, 0.25) is 0 Å². The summed E-state index contributed by atoms with van der Waals surface area (Å²) in [7, 11) is 7.86. The van der Waals surface area contributed by atoms with E-state index in [9.17, 15) is 0 Å². The molecule has 0 aliphatic heterocycles. The summed E-state index contributed by atoms with van der Waals surface area (Å²) in [6, 6.07) is 0. The molecule has 0 amide bonds. The summed E-state index contributed by atoms with van der Waals surface area (Å²) in [4.78, 5) is 0. The summed E-state index contributed by atoms with van der Waals surface area (Å²) in [6.07, 6.45) is 0. The van der Waals surface area contributed by atoms with Crippen molar-refractivity contribution in [2.45, 2.75) is 0 Å². The maximum absolute atomic E-state index is 4.09. The Morgan fingerprint density at radius 3 is 1.20 bits per heavy atom. The summed E-state index contributed by atoms with van der Waals surface area (Å²) in [5, 5.41) is 0. The predicted molar refractivity (Wildman–Crippen MR) is 20.2 cm³/mol. The summed E-state index contributed by atoms with van der Waals surface area (Å²) in [5.74, 6) is 0. The van der Waals surface area contributed by atoms with Gasteiger partial charge in [-0.25, -0.2) is 0 Å². The molecule has 0 saturated heterocycles. The van der Waals surface area contributed by atoms with Crippen LogP contribution in [0.15, 0.2) is 0 Å². The van der Waals surface area contributed by atoms with E-state index in [1.165, 1.54) is 18.0 Å². The molecule has 0 bridgehead atoms. The molecule has 0 aromatic rings. The van der Waals surface area contributed by atoms with Gasteiger partial charge < -0.3 is 6.15 Å². The van der Waals surface area contributed by atoms with Crippen LogP contribution in [0.1, 0.15) is 0 Å². The molecule has 0 heterocycles. The van der Waals surface area contributed by atoms with Crippen molar-refractivity contribution in [2.75, 3.05) is 0 Å². The Morgan fingerprint density at radius 2 is 1.20 bits per heavy atom. The molecule has 0 spiro atoms. The van der Waals surface area contributed by atoms with E-state index in [1.807, 2.05) is 0 Å². The van der Waals surface area contributed by atoms with E-state index in [0.29, 0.717) is 0 Å². The van der Waals surface area contributed by atoms with Crippen LogP contribution in [0.3, 0.4) is 0 Å². The van der Waals surface area contributed by atoms with E-state index in [4.69, 9.17) is 0 Å². The first kappa shape index (κ1) is 16.0. The van der Waals surface area contributed by atoms with Crippen LogP contribution in [-0.4, -0.2) is 0 Å². The van der Waals surface area contributed by atoms with Crippen molar-refractivity contribution in [1.82, 2.24) is 6.15 Å². The van der Waals surface area contributed by atoms with Crippen molar-refractivity contribution < 1.29 is 32.1 Å². The molecule has 0 fully saturated rings. The Kier molecular flexibility index (Phi) is 148. The molecule has 0 saturated carbocycles. The molecular formula is H3CoMoNS2. The van der Waals surface area contributed by atoms with Gasteiger partial charge in [-0.1, -0.05) is 0 Å². The van der Waals surface area contributed by atoms with Gasteiger partial charge in [-0.2, -0.15) is 0 Å². The summed E-state index contributed by atoms with van der Waals surface area (Å²) in [6.45, 7) is 0. The van der Waals surface area contributed by atoms with Gasteiger partial charge in [-0.15, -0.1) is 0 Å². The molecule has 0 aliphatic carbocycles. The zero-order valence-corrected chi connectivity index (χ0v) is 6.95. The van der Waals surface area contributed by atoms with Gasteiger partial charge in [0.1, 0.15) is 0 Å². The Labute approximate surface area is 58.3 Å². The first-order chi connectivity index (χ1) is 2.00. The summed E-state index contributed by atoms with van der Waals surface area (Å²) < 4.78 is 0. The molecule has 0 radical (unpaired) electrons. The van der Waals surface area contributed by atoms with Crippen LogP contribution < -0.4 is 6.15 Å². The molecule has 5 heavy (non-hydrogen) atoms. The molecule has 1 nitrogen and oxygen atoms in total. The molecule has 0 atom stereocenters. The quantitative estimate of drug-likeness (QED) is 0.646. The minimum atomic E-state index is 0. The third-order valence-corrected chi connectivity index (χ3v) is 0. The standard InChI is InChI=1S/Co.Mo.H3N.2S/h;;1H3;;. The topological polar surface area (TPSA) is 35.0 Å². The molecule has 5 heteroatoms. The number of rotatable bonds is 0. The van der Waals surface area contributed by atoms with E-state index in [0.717, 1.165) is 0 Å². The Hall–Kier alpha value is 1.59. The third kappa shape index (κ3) is 28.4.